The summed E-state index contributed by atoms with van der Waals surface area (Å²) in [4.78, 5) is 3.08. The minimum Gasteiger partial charge on any atom is -0.378 e. The molecule has 1 heterocycles. The van der Waals surface area contributed by atoms with Crippen LogP contribution in [0.25, 0.3) is 0 Å². The highest BCUT2D eigenvalue weighted by Crippen LogP contribution is 2.34. The van der Waals surface area contributed by atoms with Gasteiger partial charge in [0.05, 0.1) is 6.04 Å². The van der Waals surface area contributed by atoms with Crippen LogP contribution in [0.15, 0.2) is 28.7 Å². The predicted octanol–water partition coefficient (Wildman–Crippen LogP) is 5.87. The lowest BCUT2D eigenvalue weighted by Crippen LogP contribution is -2.04. The topological polar surface area (TPSA) is 12.0 Å². The average Bonchev–Trinajstić information content (AvgIpc) is 2.87. The number of fused-ring (bicyclic) bond motifs is 1. The van der Waals surface area contributed by atoms with Crippen LogP contribution in [0.4, 0.5) is 5.69 Å². The van der Waals surface area contributed by atoms with Crippen molar-refractivity contribution >= 4 is 33.0 Å². The van der Waals surface area contributed by atoms with Crippen molar-refractivity contribution in [1.29, 1.82) is 0 Å². The van der Waals surface area contributed by atoms with Gasteiger partial charge in [0, 0.05) is 19.9 Å². The van der Waals surface area contributed by atoms with Gasteiger partial charge in [0.15, 0.2) is 0 Å². The molecule has 0 radical (unpaired) electrons. The van der Waals surface area contributed by atoms with Crippen molar-refractivity contribution in [3.05, 3.63) is 49.6 Å². The van der Waals surface area contributed by atoms with Crippen LogP contribution in [0.5, 0.6) is 0 Å². The maximum Gasteiger partial charge on any atom is 0.0578 e. The summed E-state index contributed by atoms with van der Waals surface area (Å²) in [6, 6.07) is 9.27. The van der Waals surface area contributed by atoms with E-state index in [1.807, 2.05) is 11.3 Å². The first-order chi connectivity index (χ1) is 9.63. The number of halogens is 1. The van der Waals surface area contributed by atoms with Gasteiger partial charge in [0.1, 0.15) is 0 Å². The third-order valence-electron chi connectivity index (χ3n) is 4.00. The normalized spacial score (nSPS) is 15.8. The standard InChI is InChI=1S/C17H20BrNS/c1-11-7-8-14(10-15(11)18)19-12(2)17-9-13-5-3-4-6-16(13)20-17/h7-10,12,19H,3-6H2,1-2H3. The van der Waals surface area contributed by atoms with Gasteiger partial charge in [-0.2, -0.15) is 0 Å². The molecule has 0 spiro atoms. The molecule has 1 unspecified atom stereocenters. The summed E-state index contributed by atoms with van der Waals surface area (Å²) in [7, 11) is 0. The summed E-state index contributed by atoms with van der Waals surface area (Å²) >= 11 is 5.60. The highest BCUT2D eigenvalue weighted by atomic mass is 79.9. The van der Waals surface area contributed by atoms with Gasteiger partial charge in [-0.1, -0.05) is 22.0 Å². The zero-order valence-electron chi connectivity index (χ0n) is 12.0. The van der Waals surface area contributed by atoms with Crippen molar-refractivity contribution in [3.8, 4) is 0 Å². The largest absolute Gasteiger partial charge is 0.378 e. The van der Waals surface area contributed by atoms with Gasteiger partial charge >= 0.3 is 0 Å². The first-order valence-corrected chi connectivity index (χ1v) is 8.88. The Morgan fingerprint density at radius 3 is 2.75 bits per heavy atom. The van der Waals surface area contributed by atoms with Gasteiger partial charge in [0.25, 0.3) is 0 Å². The van der Waals surface area contributed by atoms with Gasteiger partial charge in [0.2, 0.25) is 0 Å². The van der Waals surface area contributed by atoms with Crippen LogP contribution in [0, 0.1) is 6.92 Å². The van der Waals surface area contributed by atoms with Gasteiger partial charge < -0.3 is 5.32 Å². The van der Waals surface area contributed by atoms with Gasteiger partial charge in [-0.25, -0.2) is 0 Å². The molecular weight excluding hydrogens is 330 g/mol. The molecule has 0 bridgehead atoms. The Hall–Kier alpha value is -0.800. The summed E-state index contributed by atoms with van der Waals surface area (Å²) in [5.41, 5.74) is 4.05. The fourth-order valence-corrected chi connectivity index (χ4v) is 4.37. The molecule has 1 atom stereocenters. The minimum absolute atomic E-state index is 0.375. The number of hydrogen-bond donors (Lipinski definition) is 1. The fraction of sp³-hybridized carbons (Fsp3) is 0.412. The summed E-state index contributed by atoms with van der Waals surface area (Å²) in [6.45, 7) is 4.37. The Kier molecular flexibility index (Phi) is 4.18. The molecule has 0 amide bonds. The van der Waals surface area contributed by atoms with E-state index in [1.54, 1.807) is 10.4 Å². The highest BCUT2D eigenvalue weighted by molar-refractivity contribution is 9.10. The maximum absolute atomic E-state index is 3.62. The first-order valence-electron chi connectivity index (χ1n) is 7.27. The maximum atomic E-state index is 3.62. The lowest BCUT2D eigenvalue weighted by atomic mass is 9.99. The van der Waals surface area contributed by atoms with Crippen LogP contribution >= 0.6 is 27.3 Å². The summed E-state index contributed by atoms with van der Waals surface area (Å²) in [6.07, 6.45) is 5.27. The smallest absolute Gasteiger partial charge is 0.0578 e. The quantitative estimate of drug-likeness (QED) is 0.730. The number of anilines is 1. The van der Waals surface area contributed by atoms with E-state index in [2.05, 4.69) is 59.4 Å². The van der Waals surface area contributed by atoms with Crippen molar-refractivity contribution in [3.63, 3.8) is 0 Å². The molecule has 2 aromatic rings. The van der Waals surface area contributed by atoms with Crippen LogP contribution < -0.4 is 5.32 Å². The summed E-state index contributed by atoms with van der Waals surface area (Å²) in [5.74, 6) is 0. The molecule has 106 valence electrons. The molecule has 3 rings (SSSR count). The van der Waals surface area contributed by atoms with Crippen LogP contribution in [0.3, 0.4) is 0 Å². The molecule has 1 aliphatic carbocycles. The molecule has 1 aromatic carbocycles. The number of rotatable bonds is 3. The molecule has 1 nitrogen and oxygen atoms in total. The average molecular weight is 350 g/mol. The number of benzene rings is 1. The third kappa shape index (κ3) is 2.94. The van der Waals surface area contributed by atoms with Crippen molar-refractivity contribution in [1.82, 2.24) is 0 Å². The van der Waals surface area contributed by atoms with Gasteiger partial charge in [-0.3, -0.25) is 0 Å². The highest BCUT2D eigenvalue weighted by Gasteiger charge is 2.16. The molecule has 20 heavy (non-hydrogen) atoms. The third-order valence-corrected chi connectivity index (χ3v) is 6.27. The number of hydrogen-bond acceptors (Lipinski definition) is 2. The first kappa shape index (κ1) is 14.2. The molecule has 0 fully saturated rings. The van der Waals surface area contributed by atoms with Gasteiger partial charge in [-0.15, -0.1) is 11.3 Å². The Morgan fingerprint density at radius 2 is 2.00 bits per heavy atom. The predicted molar refractivity (Wildman–Crippen MR) is 91.9 cm³/mol. The second-order valence-electron chi connectivity index (χ2n) is 5.63. The van der Waals surface area contributed by atoms with E-state index in [9.17, 15) is 0 Å². The van der Waals surface area contributed by atoms with Crippen LogP contribution in [0.1, 0.15) is 46.7 Å². The van der Waals surface area contributed by atoms with E-state index >= 15 is 0 Å². The SMILES string of the molecule is Cc1ccc(NC(C)c2cc3c(s2)CCCC3)cc1Br. The Bertz CT molecular complexity index is 594. The monoisotopic (exact) mass is 349 g/mol. The van der Waals surface area contributed by atoms with Gasteiger partial charge in [-0.05, 0) is 68.9 Å². The molecule has 0 saturated heterocycles. The molecule has 3 heteroatoms. The number of thiophene rings is 1. The molecule has 0 aliphatic heterocycles. The zero-order chi connectivity index (χ0) is 14.1. The second kappa shape index (κ2) is 5.90. The summed E-state index contributed by atoms with van der Waals surface area (Å²) < 4.78 is 1.17. The fourth-order valence-electron chi connectivity index (χ4n) is 2.73. The zero-order valence-corrected chi connectivity index (χ0v) is 14.4. The Morgan fingerprint density at radius 1 is 1.20 bits per heavy atom. The minimum atomic E-state index is 0.375. The molecule has 1 aliphatic rings. The second-order valence-corrected chi connectivity index (χ2v) is 7.66. The Labute approximate surface area is 133 Å². The molecule has 0 saturated carbocycles. The van der Waals surface area contributed by atoms with E-state index in [-0.39, 0.29) is 0 Å². The lowest BCUT2D eigenvalue weighted by molar-refractivity contribution is 0.696. The van der Waals surface area contributed by atoms with Crippen LogP contribution in [-0.2, 0) is 12.8 Å². The van der Waals surface area contributed by atoms with Crippen molar-refractivity contribution in [2.45, 2.75) is 45.6 Å². The van der Waals surface area contributed by atoms with Crippen molar-refractivity contribution < 1.29 is 0 Å². The van der Waals surface area contributed by atoms with Crippen LogP contribution in [-0.4, -0.2) is 0 Å². The molecular formula is C17H20BrNS. The molecule has 1 N–H and O–H groups in total. The van der Waals surface area contributed by atoms with E-state index in [0.29, 0.717) is 6.04 Å². The van der Waals surface area contributed by atoms with E-state index in [0.717, 1.165) is 0 Å². The van der Waals surface area contributed by atoms with E-state index in [4.69, 9.17) is 0 Å². The summed E-state index contributed by atoms with van der Waals surface area (Å²) in [5, 5.41) is 3.62. The number of aryl methyl sites for hydroxylation is 3. The molecule has 1 aromatic heterocycles. The van der Waals surface area contributed by atoms with Crippen LogP contribution in [0.2, 0.25) is 0 Å². The van der Waals surface area contributed by atoms with Crippen molar-refractivity contribution in [2.24, 2.45) is 0 Å². The van der Waals surface area contributed by atoms with E-state index < -0.39 is 0 Å². The van der Waals surface area contributed by atoms with E-state index in [1.165, 1.54) is 46.3 Å². The lowest BCUT2D eigenvalue weighted by Gasteiger charge is -2.14. The number of nitrogens with one attached hydrogen (secondary N) is 1. The van der Waals surface area contributed by atoms with Crippen molar-refractivity contribution in [2.75, 3.05) is 5.32 Å². The Balaban J connectivity index is 1.76.